The van der Waals surface area contributed by atoms with E-state index in [1.54, 1.807) is 0 Å². The van der Waals surface area contributed by atoms with Gasteiger partial charge in [-0.2, -0.15) is 5.26 Å². The van der Waals surface area contributed by atoms with Crippen molar-refractivity contribution in [3.8, 4) is 11.8 Å². The Hall–Kier alpha value is -1.77. The molecule has 0 radical (unpaired) electrons. The van der Waals surface area contributed by atoms with E-state index in [1.807, 2.05) is 18.2 Å². The molecule has 2 atom stereocenters. The fraction of sp³-hybridized carbons (Fsp3) is 0.667. The molecule has 0 aromatic heterocycles. The van der Waals surface area contributed by atoms with Gasteiger partial charge in [-0.05, 0) is 69.2 Å². The minimum Gasteiger partial charge on any atom is -0.493 e. The maximum Gasteiger partial charge on any atom is 0.222 e. The number of rotatable bonds is 4. The zero-order valence-electron chi connectivity index (χ0n) is 17.6. The predicted molar refractivity (Wildman–Crippen MR) is 118 cm³/mol. The number of carbonyl (C=O) groups excluding carboxylic acids is 1. The van der Waals surface area contributed by atoms with E-state index < -0.39 is 0 Å². The molecule has 5 rings (SSSR count). The molecule has 30 heavy (non-hydrogen) atoms. The molecule has 1 amide bonds. The van der Waals surface area contributed by atoms with Crippen LogP contribution in [0.3, 0.4) is 0 Å². The molecule has 3 fully saturated rings. The molecule has 0 bridgehead atoms. The summed E-state index contributed by atoms with van der Waals surface area (Å²) in [7, 11) is 0. The monoisotopic (exact) mass is 429 g/mol. The lowest BCUT2D eigenvalue weighted by molar-refractivity contribution is -0.130. The van der Waals surface area contributed by atoms with Gasteiger partial charge in [0.1, 0.15) is 5.75 Å². The molecule has 3 aliphatic heterocycles. The lowest BCUT2D eigenvalue weighted by Crippen LogP contribution is -2.39. The Morgan fingerprint density at radius 2 is 2.00 bits per heavy atom. The summed E-state index contributed by atoms with van der Waals surface area (Å²) >= 11 is 0. The van der Waals surface area contributed by atoms with Crippen LogP contribution in [0.15, 0.2) is 18.2 Å². The number of fused-ring (bicyclic) bond motifs is 3. The molecule has 0 spiro atoms. The highest BCUT2D eigenvalue weighted by atomic mass is 35.5. The molecule has 3 heterocycles. The Labute approximate surface area is 185 Å². The van der Waals surface area contributed by atoms with Crippen molar-refractivity contribution in [1.29, 1.82) is 5.26 Å². The number of amides is 1. The van der Waals surface area contributed by atoms with Gasteiger partial charge in [0.05, 0.1) is 18.2 Å². The van der Waals surface area contributed by atoms with Crippen LogP contribution in [0.2, 0.25) is 0 Å². The van der Waals surface area contributed by atoms with Crippen molar-refractivity contribution >= 4 is 18.3 Å². The van der Waals surface area contributed by atoms with Gasteiger partial charge in [-0.25, -0.2) is 0 Å². The van der Waals surface area contributed by atoms with Crippen molar-refractivity contribution in [3.05, 3.63) is 29.3 Å². The molecule has 0 unspecified atom stereocenters. The SMILES string of the molecule is Cl.N#Cc1ccc2c(c1)[C@@H]1CN(CCC3CCC(N4CCCC4=O)CC3)C[C@H]1CO2. The number of ether oxygens (including phenoxy) is 1. The third-order valence-electron chi connectivity index (χ3n) is 7.73. The lowest BCUT2D eigenvalue weighted by atomic mass is 9.83. The number of likely N-dealkylation sites (tertiary alicyclic amines) is 2. The zero-order chi connectivity index (χ0) is 19.8. The first-order valence-electron chi connectivity index (χ1n) is 11.4. The van der Waals surface area contributed by atoms with E-state index >= 15 is 0 Å². The Bertz CT molecular complexity index is 815. The summed E-state index contributed by atoms with van der Waals surface area (Å²) < 4.78 is 5.98. The van der Waals surface area contributed by atoms with Crippen LogP contribution in [-0.2, 0) is 4.79 Å². The summed E-state index contributed by atoms with van der Waals surface area (Å²) in [6.45, 7) is 5.15. The molecule has 2 saturated heterocycles. The first-order chi connectivity index (χ1) is 14.2. The second-order valence-electron chi connectivity index (χ2n) is 9.46. The van der Waals surface area contributed by atoms with Crippen molar-refractivity contribution in [2.75, 3.05) is 32.8 Å². The van der Waals surface area contributed by atoms with Crippen LogP contribution in [0.25, 0.3) is 0 Å². The highest BCUT2D eigenvalue weighted by Gasteiger charge is 2.39. The molecule has 5 nitrogen and oxygen atoms in total. The molecule has 1 aromatic rings. The molecule has 6 heteroatoms. The summed E-state index contributed by atoms with van der Waals surface area (Å²) in [6.07, 6.45) is 8.02. The van der Waals surface area contributed by atoms with Crippen molar-refractivity contribution in [3.63, 3.8) is 0 Å². The number of benzene rings is 1. The highest BCUT2D eigenvalue weighted by Crippen LogP contribution is 2.42. The quantitative estimate of drug-likeness (QED) is 0.726. The highest BCUT2D eigenvalue weighted by molar-refractivity contribution is 5.85. The minimum atomic E-state index is 0. The van der Waals surface area contributed by atoms with E-state index in [0.29, 0.717) is 23.8 Å². The van der Waals surface area contributed by atoms with E-state index in [4.69, 9.17) is 4.74 Å². The van der Waals surface area contributed by atoms with Gasteiger partial charge in [-0.15, -0.1) is 12.4 Å². The van der Waals surface area contributed by atoms with Gasteiger partial charge in [0.15, 0.2) is 0 Å². The summed E-state index contributed by atoms with van der Waals surface area (Å²) in [4.78, 5) is 16.8. The van der Waals surface area contributed by atoms with Gasteiger partial charge in [-0.1, -0.05) is 0 Å². The standard InChI is InChI=1S/C24H31N3O2.ClH/c25-13-18-5-8-23-21(12-18)22-15-26(14-19(22)16-29-23)11-9-17-3-6-20(7-4-17)27-10-1-2-24(27)28;/h5,8,12,17,19-20,22H,1-4,6-7,9-11,14-16H2;1H/t17?,19-,20?,22+;/m0./s1. The third kappa shape index (κ3) is 4.18. The Kier molecular flexibility index (Phi) is 6.55. The predicted octanol–water partition coefficient (Wildman–Crippen LogP) is 3.96. The number of carbonyl (C=O) groups is 1. The Balaban J connectivity index is 0.00000218. The maximum absolute atomic E-state index is 12.0. The number of nitrogens with zero attached hydrogens (tertiary/aromatic N) is 3. The molecule has 4 aliphatic rings. The summed E-state index contributed by atoms with van der Waals surface area (Å²) in [5.74, 6) is 3.22. The van der Waals surface area contributed by atoms with Crippen LogP contribution in [-0.4, -0.2) is 54.5 Å². The van der Waals surface area contributed by atoms with Crippen molar-refractivity contribution in [2.45, 2.75) is 56.9 Å². The Morgan fingerprint density at radius 3 is 2.73 bits per heavy atom. The first kappa shape index (κ1) is 21.5. The van der Waals surface area contributed by atoms with Crippen LogP contribution in [0.1, 0.15) is 62.0 Å². The molecule has 1 aliphatic carbocycles. The van der Waals surface area contributed by atoms with Crippen LogP contribution < -0.4 is 4.74 Å². The minimum absolute atomic E-state index is 0. The number of halogens is 1. The Morgan fingerprint density at radius 1 is 1.17 bits per heavy atom. The largest absolute Gasteiger partial charge is 0.493 e. The lowest BCUT2D eigenvalue weighted by Gasteiger charge is -2.35. The number of nitriles is 1. The topological polar surface area (TPSA) is 56.6 Å². The average molecular weight is 430 g/mol. The summed E-state index contributed by atoms with van der Waals surface area (Å²) in [6, 6.07) is 8.65. The van der Waals surface area contributed by atoms with E-state index in [-0.39, 0.29) is 12.4 Å². The smallest absolute Gasteiger partial charge is 0.222 e. The van der Waals surface area contributed by atoms with Crippen molar-refractivity contribution in [1.82, 2.24) is 9.80 Å². The normalized spacial score (nSPS) is 30.8. The van der Waals surface area contributed by atoms with E-state index in [1.165, 1.54) is 37.7 Å². The van der Waals surface area contributed by atoms with E-state index in [0.717, 1.165) is 62.9 Å². The zero-order valence-corrected chi connectivity index (χ0v) is 18.4. The van der Waals surface area contributed by atoms with Gasteiger partial charge < -0.3 is 14.5 Å². The second-order valence-corrected chi connectivity index (χ2v) is 9.46. The number of hydrogen-bond donors (Lipinski definition) is 0. The van der Waals surface area contributed by atoms with Gasteiger partial charge in [0.25, 0.3) is 0 Å². The molecular weight excluding hydrogens is 398 g/mol. The molecule has 162 valence electrons. The van der Waals surface area contributed by atoms with Crippen LogP contribution >= 0.6 is 12.4 Å². The molecular formula is C24H32ClN3O2. The van der Waals surface area contributed by atoms with Crippen molar-refractivity contribution in [2.24, 2.45) is 11.8 Å². The second kappa shape index (κ2) is 9.16. The number of hydrogen-bond acceptors (Lipinski definition) is 4. The third-order valence-corrected chi connectivity index (χ3v) is 7.73. The van der Waals surface area contributed by atoms with Crippen LogP contribution in [0.5, 0.6) is 5.75 Å². The first-order valence-corrected chi connectivity index (χ1v) is 11.4. The van der Waals surface area contributed by atoms with Gasteiger partial charge >= 0.3 is 0 Å². The van der Waals surface area contributed by atoms with E-state index in [9.17, 15) is 10.1 Å². The van der Waals surface area contributed by atoms with Crippen molar-refractivity contribution < 1.29 is 9.53 Å². The fourth-order valence-electron chi connectivity index (χ4n) is 6.07. The summed E-state index contributed by atoms with van der Waals surface area (Å²) in [5.41, 5.74) is 1.97. The molecule has 1 aromatic carbocycles. The molecule has 1 saturated carbocycles. The fourth-order valence-corrected chi connectivity index (χ4v) is 6.07. The average Bonchev–Trinajstić information content (AvgIpc) is 3.38. The van der Waals surface area contributed by atoms with Crippen LogP contribution in [0.4, 0.5) is 0 Å². The van der Waals surface area contributed by atoms with Gasteiger partial charge in [-0.3, -0.25) is 4.79 Å². The van der Waals surface area contributed by atoms with E-state index in [2.05, 4.69) is 15.9 Å². The summed E-state index contributed by atoms with van der Waals surface area (Å²) in [5, 5.41) is 9.24. The maximum atomic E-state index is 12.0. The molecule has 0 N–H and O–H groups in total. The van der Waals surface area contributed by atoms with Crippen LogP contribution in [0, 0.1) is 23.2 Å². The van der Waals surface area contributed by atoms with Gasteiger partial charge in [0.2, 0.25) is 5.91 Å². The van der Waals surface area contributed by atoms with Gasteiger partial charge in [0, 0.05) is 49.5 Å².